The molecule has 1 aromatic rings. The fourth-order valence-corrected chi connectivity index (χ4v) is 3.36. The van der Waals surface area contributed by atoms with Gasteiger partial charge in [0.05, 0.1) is 12.3 Å². The summed E-state index contributed by atoms with van der Waals surface area (Å²) in [6.45, 7) is 8.85. The number of rotatable bonds is 6. The topological polar surface area (TPSA) is 34.1 Å². The summed E-state index contributed by atoms with van der Waals surface area (Å²) in [5.41, 5.74) is 3.10. The number of hydrogen-bond acceptors (Lipinski definition) is 3. The summed E-state index contributed by atoms with van der Waals surface area (Å²) in [6, 6.07) is 0. The number of aryl methyl sites for hydroxylation is 1. The van der Waals surface area contributed by atoms with Gasteiger partial charge in [0.2, 0.25) is 0 Å². The van der Waals surface area contributed by atoms with E-state index in [1.54, 1.807) is 13.2 Å². The van der Waals surface area contributed by atoms with Crippen molar-refractivity contribution >= 4 is 17.7 Å². The van der Waals surface area contributed by atoms with E-state index in [1.807, 2.05) is 37.4 Å². The number of anilines is 1. The van der Waals surface area contributed by atoms with Crippen LogP contribution in [0.3, 0.4) is 0 Å². The number of allylic oxidation sites excluding steroid dienone is 6. The van der Waals surface area contributed by atoms with Crippen LogP contribution in [0.1, 0.15) is 25.3 Å². The molecule has 0 bridgehead atoms. The monoisotopic (exact) mass is 378 g/mol. The summed E-state index contributed by atoms with van der Waals surface area (Å²) in [6.07, 6.45) is 16.6. The molecule has 2 aliphatic rings. The zero-order valence-corrected chi connectivity index (χ0v) is 16.8. The van der Waals surface area contributed by atoms with Crippen LogP contribution in [0.15, 0.2) is 66.2 Å². The Morgan fingerprint density at radius 2 is 2.25 bits per heavy atom. The Balaban J connectivity index is 2.06. The number of methoxy groups -OCH3 is 1. The lowest BCUT2D eigenvalue weighted by molar-refractivity contribution is 0.370. The summed E-state index contributed by atoms with van der Waals surface area (Å²) in [4.78, 5) is 4.60. The van der Waals surface area contributed by atoms with Gasteiger partial charge in [-0.2, -0.15) is 0 Å². The maximum Gasteiger partial charge on any atom is 0.137 e. The molecule has 28 heavy (non-hydrogen) atoms. The van der Waals surface area contributed by atoms with E-state index in [9.17, 15) is 4.39 Å². The molecule has 1 N–H and O–H groups in total. The molecule has 0 aliphatic heterocycles. The van der Waals surface area contributed by atoms with E-state index in [-0.39, 0.29) is 11.7 Å². The van der Waals surface area contributed by atoms with Gasteiger partial charge in [0.25, 0.3) is 0 Å². The first kappa shape index (κ1) is 19.9. The van der Waals surface area contributed by atoms with E-state index in [0.717, 1.165) is 45.1 Å². The molecule has 2 aliphatic carbocycles. The number of aromatic nitrogens is 1. The maximum atomic E-state index is 13.7. The highest BCUT2D eigenvalue weighted by Crippen LogP contribution is 2.19. The predicted octanol–water partition coefficient (Wildman–Crippen LogP) is 4.23. The Hall–Kier alpha value is -2.88. The van der Waals surface area contributed by atoms with Crippen LogP contribution in [0.4, 0.5) is 10.2 Å². The predicted molar refractivity (Wildman–Crippen MR) is 115 cm³/mol. The number of halogens is 1. The molecule has 0 aromatic carbocycles. The molecular weight excluding hydrogens is 351 g/mol. The summed E-state index contributed by atoms with van der Waals surface area (Å²) in [5.74, 6) is 1.49. The fourth-order valence-electron chi connectivity index (χ4n) is 3.36. The van der Waals surface area contributed by atoms with Crippen LogP contribution in [0.25, 0.3) is 11.8 Å². The average Bonchev–Trinajstić information content (AvgIpc) is 3.03. The Morgan fingerprint density at radius 1 is 1.43 bits per heavy atom. The van der Waals surface area contributed by atoms with E-state index < -0.39 is 0 Å². The maximum absolute atomic E-state index is 13.7. The molecule has 0 spiro atoms. The highest BCUT2D eigenvalue weighted by atomic mass is 19.1. The normalized spacial score (nSPS) is 18.3. The van der Waals surface area contributed by atoms with Crippen molar-refractivity contribution in [2.75, 3.05) is 19.0 Å². The lowest BCUT2D eigenvalue weighted by Gasteiger charge is -2.11. The van der Waals surface area contributed by atoms with Crippen molar-refractivity contribution in [2.24, 2.45) is 5.92 Å². The van der Waals surface area contributed by atoms with Crippen LogP contribution < -0.4 is 15.8 Å². The van der Waals surface area contributed by atoms with Crippen LogP contribution in [0.5, 0.6) is 0 Å². The van der Waals surface area contributed by atoms with Crippen molar-refractivity contribution in [3.05, 3.63) is 82.2 Å². The molecule has 0 fully saturated rings. The third-order valence-corrected chi connectivity index (χ3v) is 5.07. The number of fused-ring (bicyclic) bond motifs is 1. The first-order valence-corrected chi connectivity index (χ1v) is 9.60. The van der Waals surface area contributed by atoms with Gasteiger partial charge in [-0.1, -0.05) is 49.5 Å². The fraction of sp³-hybridized carbons (Fsp3) is 0.292. The molecule has 1 atom stereocenters. The highest BCUT2D eigenvalue weighted by Gasteiger charge is 2.14. The van der Waals surface area contributed by atoms with E-state index in [1.165, 1.54) is 0 Å². The van der Waals surface area contributed by atoms with Crippen molar-refractivity contribution < 1.29 is 9.13 Å². The van der Waals surface area contributed by atoms with Crippen LogP contribution in [0.2, 0.25) is 0 Å². The third kappa shape index (κ3) is 4.33. The van der Waals surface area contributed by atoms with Crippen molar-refractivity contribution in [1.82, 2.24) is 4.98 Å². The summed E-state index contributed by atoms with van der Waals surface area (Å²) < 4.78 is 19.4. The third-order valence-electron chi connectivity index (χ3n) is 5.07. The van der Waals surface area contributed by atoms with E-state index >= 15 is 0 Å². The number of ether oxygens (including phenoxy) is 1. The Labute approximate surface area is 166 Å². The number of pyridine rings is 1. The Morgan fingerprint density at radius 3 is 3.00 bits per heavy atom. The molecule has 0 saturated carbocycles. The molecule has 1 unspecified atom stereocenters. The Bertz CT molecular complexity index is 1010. The van der Waals surface area contributed by atoms with E-state index in [4.69, 9.17) is 4.74 Å². The number of nitrogens with zero attached hydrogens (tertiary/aromatic N) is 1. The second-order valence-corrected chi connectivity index (χ2v) is 7.03. The molecule has 1 heterocycles. The summed E-state index contributed by atoms with van der Waals surface area (Å²) >= 11 is 0. The smallest absolute Gasteiger partial charge is 0.137 e. The second-order valence-electron chi connectivity index (χ2n) is 7.03. The number of hydrogen-bond donors (Lipinski definition) is 1. The highest BCUT2D eigenvalue weighted by molar-refractivity contribution is 5.62. The van der Waals surface area contributed by atoms with E-state index in [2.05, 4.69) is 36.0 Å². The minimum absolute atomic E-state index is 0.140. The van der Waals surface area contributed by atoms with Gasteiger partial charge in [0, 0.05) is 25.1 Å². The lowest BCUT2D eigenvalue weighted by Crippen LogP contribution is -2.34. The molecular formula is C24H27FN2O. The van der Waals surface area contributed by atoms with Crippen molar-refractivity contribution in [1.29, 1.82) is 0 Å². The standard InChI is InChI=1S/C24H27FN2O/c1-5-16(2)19-10-11-22(28-4)23-21(13-19)17(3)14-26-24(23)27-15-18-8-6-7-9-20(25)12-18/h6-8,10-14,19H,2,5,9,15H2,1,3-4H3,(H,26,27). The van der Waals surface area contributed by atoms with Crippen LogP contribution >= 0.6 is 0 Å². The lowest BCUT2D eigenvalue weighted by atomic mass is 9.96. The van der Waals surface area contributed by atoms with Gasteiger partial charge in [-0.25, -0.2) is 9.37 Å². The summed E-state index contributed by atoms with van der Waals surface area (Å²) in [7, 11) is 1.67. The molecule has 3 nitrogen and oxygen atoms in total. The van der Waals surface area contributed by atoms with Crippen molar-refractivity contribution in [3.8, 4) is 0 Å². The van der Waals surface area contributed by atoms with Crippen LogP contribution in [-0.2, 0) is 4.74 Å². The van der Waals surface area contributed by atoms with Gasteiger partial charge in [-0.05, 0) is 41.9 Å². The second kappa shape index (κ2) is 8.87. The van der Waals surface area contributed by atoms with Gasteiger partial charge in [-0.15, -0.1) is 0 Å². The summed E-state index contributed by atoms with van der Waals surface area (Å²) in [5, 5.41) is 5.39. The SMILES string of the molecule is C=C(CC)C1C=CC(OC)=c2c(NCC3=CC=CCC(F)=C3)ncc(C)c2=C1. The van der Waals surface area contributed by atoms with Crippen LogP contribution in [-0.4, -0.2) is 18.6 Å². The quantitative estimate of drug-likeness (QED) is 0.753. The van der Waals surface area contributed by atoms with Crippen molar-refractivity contribution in [2.45, 2.75) is 26.7 Å². The molecule has 0 radical (unpaired) electrons. The molecule has 1 aromatic heterocycles. The number of nitrogens with one attached hydrogen (secondary N) is 1. The molecule has 146 valence electrons. The average molecular weight is 378 g/mol. The molecule has 0 saturated heterocycles. The zero-order valence-electron chi connectivity index (χ0n) is 16.8. The minimum atomic E-state index is -0.140. The molecule has 0 amide bonds. The van der Waals surface area contributed by atoms with E-state index in [0.29, 0.717) is 13.0 Å². The molecule has 3 rings (SSSR count). The van der Waals surface area contributed by atoms with Gasteiger partial charge >= 0.3 is 0 Å². The van der Waals surface area contributed by atoms with Gasteiger partial charge in [0.15, 0.2) is 0 Å². The first-order chi connectivity index (χ1) is 13.5. The zero-order chi connectivity index (χ0) is 20.1. The van der Waals surface area contributed by atoms with Gasteiger partial charge in [-0.3, -0.25) is 0 Å². The Kier molecular flexibility index (Phi) is 6.30. The van der Waals surface area contributed by atoms with Gasteiger partial charge in [0.1, 0.15) is 17.4 Å². The van der Waals surface area contributed by atoms with Gasteiger partial charge < -0.3 is 10.1 Å². The first-order valence-electron chi connectivity index (χ1n) is 9.60. The van der Waals surface area contributed by atoms with Crippen LogP contribution in [0, 0.1) is 12.8 Å². The van der Waals surface area contributed by atoms with Crippen molar-refractivity contribution in [3.63, 3.8) is 0 Å². The molecule has 4 heteroatoms. The minimum Gasteiger partial charge on any atom is -0.496 e. The largest absolute Gasteiger partial charge is 0.496 e.